The minimum absolute atomic E-state index is 0.0184. The summed E-state index contributed by atoms with van der Waals surface area (Å²) in [4.78, 5) is 8.76. The minimum atomic E-state index is -0.0184. The van der Waals surface area contributed by atoms with E-state index in [-0.39, 0.29) is 6.10 Å². The standard InChI is InChI=1S/C18H27N5O2/c1-5-19-18(20-11-10-17-22-15(4)23-25-17)21-12-14(3)24-16-9-7-6-8-13(16)2/h6-9,14H,5,10-12H2,1-4H3,(H2,19,20,21). The second-order valence-electron chi connectivity index (χ2n) is 5.83. The normalized spacial score (nSPS) is 12.7. The van der Waals surface area contributed by atoms with Crippen molar-refractivity contribution >= 4 is 5.96 Å². The third-order valence-corrected chi connectivity index (χ3v) is 3.47. The van der Waals surface area contributed by atoms with Crippen molar-refractivity contribution in [2.24, 2.45) is 4.99 Å². The Morgan fingerprint density at radius 3 is 2.76 bits per heavy atom. The molecule has 7 heteroatoms. The molecule has 0 aliphatic rings. The first kappa shape index (κ1) is 18.8. The second kappa shape index (κ2) is 9.66. The zero-order valence-electron chi connectivity index (χ0n) is 15.4. The molecule has 0 radical (unpaired) electrons. The Morgan fingerprint density at radius 1 is 1.28 bits per heavy atom. The van der Waals surface area contributed by atoms with Crippen LogP contribution in [0.2, 0.25) is 0 Å². The molecule has 1 aromatic carbocycles. The minimum Gasteiger partial charge on any atom is -0.489 e. The number of ether oxygens (including phenoxy) is 1. The van der Waals surface area contributed by atoms with E-state index in [4.69, 9.17) is 9.26 Å². The zero-order valence-corrected chi connectivity index (χ0v) is 15.4. The topological polar surface area (TPSA) is 84.6 Å². The number of nitrogens with one attached hydrogen (secondary N) is 2. The van der Waals surface area contributed by atoms with Gasteiger partial charge in [0.25, 0.3) is 0 Å². The van der Waals surface area contributed by atoms with Gasteiger partial charge in [-0.1, -0.05) is 23.4 Å². The predicted octanol–water partition coefficient (Wildman–Crippen LogP) is 2.25. The molecule has 0 spiro atoms. The summed E-state index contributed by atoms with van der Waals surface area (Å²) in [6.45, 7) is 9.91. The third kappa shape index (κ3) is 6.45. The summed E-state index contributed by atoms with van der Waals surface area (Å²) >= 11 is 0. The SMILES string of the molecule is CCNC(=NCC(C)Oc1ccccc1C)NCCc1nc(C)no1. The van der Waals surface area contributed by atoms with Crippen molar-refractivity contribution in [2.45, 2.75) is 40.2 Å². The Morgan fingerprint density at radius 2 is 2.08 bits per heavy atom. The Balaban J connectivity index is 1.82. The van der Waals surface area contributed by atoms with Crippen LogP contribution >= 0.6 is 0 Å². The summed E-state index contributed by atoms with van der Waals surface area (Å²) < 4.78 is 11.1. The smallest absolute Gasteiger partial charge is 0.228 e. The number of para-hydroxylation sites is 1. The molecule has 1 unspecified atom stereocenters. The largest absolute Gasteiger partial charge is 0.489 e. The molecule has 1 heterocycles. The zero-order chi connectivity index (χ0) is 18.1. The van der Waals surface area contributed by atoms with E-state index in [0.29, 0.717) is 31.2 Å². The summed E-state index contributed by atoms with van der Waals surface area (Å²) in [5.41, 5.74) is 1.12. The molecule has 136 valence electrons. The number of aliphatic imine (C=N–C) groups is 1. The highest BCUT2D eigenvalue weighted by Crippen LogP contribution is 2.17. The lowest BCUT2D eigenvalue weighted by Crippen LogP contribution is -2.39. The number of guanidine groups is 1. The molecular weight excluding hydrogens is 318 g/mol. The molecule has 1 aromatic heterocycles. The van der Waals surface area contributed by atoms with Crippen LogP contribution in [0.4, 0.5) is 0 Å². The van der Waals surface area contributed by atoms with E-state index in [9.17, 15) is 0 Å². The van der Waals surface area contributed by atoms with E-state index in [1.165, 1.54) is 0 Å². The highest BCUT2D eigenvalue weighted by atomic mass is 16.5. The fourth-order valence-corrected chi connectivity index (χ4v) is 2.23. The van der Waals surface area contributed by atoms with Crippen molar-refractivity contribution < 1.29 is 9.26 Å². The van der Waals surface area contributed by atoms with E-state index in [1.807, 2.05) is 52.0 Å². The molecule has 0 fully saturated rings. The van der Waals surface area contributed by atoms with Crippen molar-refractivity contribution in [3.8, 4) is 5.75 Å². The van der Waals surface area contributed by atoms with Crippen molar-refractivity contribution in [2.75, 3.05) is 19.6 Å². The van der Waals surface area contributed by atoms with Crippen LogP contribution in [0.1, 0.15) is 31.1 Å². The summed E-state index contributed by atoms with van der Waals surface area (Å²) in [5.74, 6) is 2.92. The van der Waals surface area contributed by atoms with Crippen LogP contribution in [0.3, 0.4) is 0 Å². The van der Waals surface area contributed by atoms with E-state index < -0.39 is 0 Å². The maximum atomic E-state index is 5.95. The number of aryl methyl sites for hydroxylation is 2. The molecule has 1 atom stereocenters. The lowest BCUT2D eigenvalue weighted by molar-refractivity contribution is 0.228. The van der Waals surface area contributed by atoms with Crippen LogP contribution in [0.15, 0.2) is 33.8 Å². The summed E-state index contributed by atoms with van der Waals surface area (Å²) in [6, 6.07) is 7.99. The number of nitrogens with zero attached hydrogens (tertiary/aromatic N) is 3. The van der Waals surface area contributed by atoms with Gasteiger partial charge in [0, 0.05) is 19.5 Å². The first-order valence-corrected chi connectivity index (χ1v) is 8.62. The monoisotopic (exact) mass is 345 g/mol. The third-order valence-electron chi connectivity index (χ3n) is 3.47. The highest BCUT2D eigenvalue weighted by molar-refractivity contribution is 5.79. The van der Waals surface area contributed by atoms with Crippen LogP contribution < -0.4 is 15.4 Å². The van der Waals surface area contributed by atoms with Gasteiger partial charge in [0.1, 0.15) is 11.9 Å². The van der Waals surface area contributed by atoms with Gasteiger partial charge in [-0.25, -0.2) is 4.99 Å². The molecule has 7 nitrogen and oxygen atoms in total. The summed E-state index contributed by atoms with van der Waals surface area (Å²) in [5, 5.41) is 10.3. The van der Waals surface area contributed by atoms with Gasteiger partial charge in [0.05, 0.1) is 6.54 Å². The maximum Gasteiger partial charge on any atom is 0.228 e. The van der Waals surface area contributed by atoms with E-state index in [1.54, 1.807) is 0 Å². The van der Waals surface area contributed by atoms with Crippen LogP contribution in [-0.2, 0) is 6.42 Å². The highest BCUT2D eigenvalue weighted by Gasteiger charge is 2.07. The number of hydrogen-bond donors (Lipinski definition) is 2. The average Bonchev–Trinajstić information content (AvgIpc) is 3.00. The number of aromatic nitrogens is 2. The predicted molar refractivity (Wildman–Crippen MR) is 98.0 cm³/mol. The van der Waals surface area contributed by atoms with Gasteiger partial charge in [-0.05, 0) is 39.3 Å². The van der Waals surface area contributed by atoms with Crippen LogP contribution in [0.5, 0.6) is 5.75 Å². The first-order chi connectivity index (χ1) is 12.1. The van der Waals surface area contributed by atoms with Crippen LogP contribution in [-0.4, -0.2) is 41.8 Å². The summed E-state index contributed by atoms with van der Waals surface area (Å²) in [7, 11) is 0. The van der Waals surface area contributed by atoms with Crippen molar-refractivity contribution in [1.29, 1.82) is 0 Å². The van der Waals surface area contributed by atoms with Gasteiger partial charge in [0.2, 0.25) is 5.89 Å². The molecule has 25 heavy (non-hydrogen) atoms. The lowest BCUT2D eigenvalue weighted by atomic mass is 10.2. The number of benzene rings is 1. The van der Waals surface area contributed by atoms with Gasteiger partial charge in [0.15, 0.2) is 11.8 Å². The molecule has 0 saturated heterocycles. The van der Waals surface area contributed by atoms with Gasteiger partial charge in [-0.2, -0.15) is 4.98 Å². The number of rotatable bonds is 8. The summed E-state index contributed by atoms with van der Waals surface area (Å²) in [6.07, 6.45) is 0.635. The molecule has 2 N–H and O–H groups in total. The fourth-order valence-electron chi connectivity index (χ4n) is 2.23. The van der Waals surface area contributed by atoms with Gasteiger partial charge < -0.3 is 19.9 Å². The van der Waals surface area contributed by atoms with E-state index in [2.05, 4.69) is 25.8 Å². The van der Waals surface area contributed by atoms with Gasteiger partial charge in [-0.3, -0.25) is 0 Å². The van der Waals surface area contributed by atoms with E-state index >= 15 is 0 Å². The molecule has 0 saturated carbocycles. The lowest BCUT2D eigenvalue weighted by Gasteiger charge is -2.16. The number of hydrogen-bond acceptors (Lipinski definition) is 5. The molecule has 0 aliphatic heterocycles. The quantitative estimate of drug-likeness (QED) is 0.564. The first-order valence-electron chi connectivity index (χ1n) is 8.62. The van der Waals surface area contributed by atoms with Crippen LogP contribution in [0, 0.1) is 13.8 Å². The van der Waals surface area contributed by atoms with E-state index in [0.717, 1.165) is 23.8 Å². The average molecular weight is 345 g/mol. The Bertz CT molecular complexity index is 684. The molecule has 0 bridgehead atoms. The molecule has 0 amide bonds. The van der Waals surface area contributed by atoms with Gasteiger partial charge >= 0.3 is 0 Å². The molecule has 2 aromatic rings. The fraction of sp³-hybridized carbons (Fsp3) is 0.500. The Hall–Kier alpha value is -2.57. The maximum absolute atomic E-state index is 5.95. The Kier molecular flexibility index (Phi) is 7.25. The second-order valence-corrected chi connectivity index (χ2v) is 5.83. The molecule has 2 rings (SSSR count). The van der Waals surface area contributed by atoms with Crippen molar-refractivity contribution in [3.63, 3.8) is 0 Å². The molecular formula is C18H27N5O2. The van der Waals surface area contributed by atoms with Crippen molar-refractivity contribution in [3.05, 3.63) is 41.5 Å². The van der Waals surface area contributed by atoms with Gasteiger partial charge in [-0.15, -0.1) is 0 Å². The molecule has 0 aliphatic carbocycles. The van der Waals surface area contributed by atoms with Crippen LogP contribution in [0.25, 0.3) is 0 Å². The van der Waals surface area contributed by atoms with Crippen molar-refractivity contribution in [1.82, 2.24) is 20.8 Å². The Labute approximate surface area is 148 Å².